The van der Waals surface area contributed by atoms with Gasteiger partial charge in [0.25, 0.3) is 0 Å². The Bertz CT molecular complexity index is 466. The molecule has 0 fully saturated rings. The SMILES string of the molecule is CC.CC.CC.CC.CC(C)=O.CC(C)=O.c1ccncc1.c1cncnc1.c1cncnc1. The second kappa shape index (κ2) is 57.1. The maximum Gasteiger partial charge on any atom is 0.126 e. The molecule has 0 bridgehead atoms. The summed E-state index contributed by atoms with van der Waals surface area (Å²) in [6, 6.07) is 9.27. The lowest BCUT2D eigenvalue weighted by atomic mass is 10.5. The second-order valence-electron chi connectivity index (χ2n) is 4.65. The normalized spacial score (nSPS) is 6.47. The van der Waals surface area contributed by atoms with Crippen LogP contribution in [0.5, 0.6) is 0 Å². The van der Waals surface area contributed by atoms with Crippen LogP contribution in [0.25, 0.3) is 0 Å². The second-order valence-corrected chi connectivity index (χ2v) is 4.65. The van der Waals surface area contributed by atoms with Gasteiger partial charge < -0.3 is 9.59 Å². The van der Waals surface area contributed by atoms with Crippen LogP contribution >= 0.6 is 0 Å². The van der Waals surface area contributed by atoms with Crippen LogP contribution < -0.4 is 0 Å². The van der Waals surface area contributed by atoms with Crippen molar-refractivity contribution < 1.29 is 9.59 Å². The largest absolute Gasteiger partial charge is 0.300 e. The first-order chi connectivity index (χ1) is 16.5. The van der Waals surface area contributed by atoms with Crippen LogP contribution in [0.2, 0.25) is 0 Å². The van der Waals surface area contributed by atoms with Crippen LogP contribution in [-0.4, -0.2) is 36.5 Å². The highest BCUT2D eigenvalue weighted by Crippen LogP contribution is 1.73. The summed E-state index contributed by atoms with van der Waals surface area (Å²) >= 11 is 0. The molecular weight excluding hydrogens is 426 g/mol. The Hall–Kier alpha value is -3.35. The number of rotatable bonds is 0. The number of aromatic nitrogens is 5. The van der Waals surface area contributed by atoms with E-state index in [2.05, 4.69) is 24.9 Å². The van der Waals surface area contributed by atoms with E-state index < -0.39 is 0 Å². The predicted molar refractivity (Wildman–Crippen MR) is 146 cm³/mol. The van der Waals surface area contributed by atoms with Gasteiger partial charge in [-0.1, -0.05) is 61.5 Å². The molecule has 0 radical (unpaired) electrons. The number of hydrogen-bond donors (Lipinski definition) is 0. The Morgan fingerprint density at radius 1 is 0.382 bits per heavy atom. The van der Waals surface area contributed by atoms with E-state index in [1.54, 1.807) is 49.3 Å². The Morgan fingerprint density at radius 2 is 0.588 bits per heavy atom. The Morgan fingerprint density at radius 3 is 0.647 bits per heavy atom. The first-order valence-corrected chi connectivity index (χ1v) is 11.7. The van der Waals surface area contributed by atoms with Crippen molar-refractivity contribution in [2.24, 2.45) is 0 Å². The number of pyridine rings is 1. The standard InChI is InChI=1S/C5H5N.2C4H4N2.2C3H6O.4C2H6/c1-2-4-6-5-3-1;2*1-2-5-4-6-3-1;2*1-3(2)4;4*1-2/h1-5H;2*1-4H;2*1-2H3;4*1-2H3. The third-order valence-electron chi connectivity index (χ3n) is 1.52. The fourth-order valence-corrected chi connectivity index (χ4v) is 0.819. The summed E-state index contributed by atoms with van der Waals surface area (Å²) in [6.07, 6.45) is 13.2. The van der Waals surface area contributed by atoms with E-state index in [1.165, 1.54) is 40.3 Å². The van der Waals surface area contributed by atoms with Crippen LogP contribution in [0.3, 0.4) is 0 Å². The topological polar surface area (TPSA) is 98.6 Å². The zero-order valence-corrected chi connectivity index (χ0v) is 23.6. The van der Waals surface area contributed by atoms with Gasteiger partial charge in [0.2, 0.25) is 0 Å². The van der Waals surface area contributed by atoms with E-state index in [0.717, 1.165) is 0 Å². The Kier molecular flexibility index (Phi) is 74.4. The van der Waals surface area contributed by atoms with Gasteiger partial charge in [0.1, 0.15) is 24.2 Å². The summed E-state index contributed by atoms with van der Waals surface area (Å²) in [5.41, 5.74) is 0. The molecule has 0 saturated carbocycles. The van der Waals surface area contributed by atoms with Crippen molar-refractivity contribution in [3.63, 3.8) is 0 Å². The van der Waals surface area contributed by atoms with Crippen molar-refractivity contribution in [2.45, 2.75) is 83.1 Å². The molecule has 3 rings (SSSR count). The van der Waals surface area contributed by atoms with E-state index in [9.17, 15) is 9.59 Å². The van der Waals surface area contributed by atoms with Gasteiger partial charge in [-0.25, -0.2) is 19.9 Å². The number of carbonyl (C=O) groups is 2. The molecule has 34 heavy (non-hydrogen) atoms. The maximum absolute atomic E-state index is 9.44. The van der Waals surface area contributed by atoms with Crippen molar-refractivity contribution in [1.29, 1.82) is 0 Å². The van der Waals surface area contributed by atoms with E-state index in [4.69, 9.17) is 0 Å². The van der Waals surface area contributed by atoms with E-state index >= 15 is 0 Å². The van der Waals surface area contributed by atoms with Gasteiger partial charge in [-0.05, 0) is 52.0 Å². The highest BCUT2D eigenvalue weighted by Gasteiger charge is 1.63. The minimum Gasteiger partial charge on any atom is -0.300 e. The molecule has 3 aromatic heterocycles. The Labute approximate surface area is 209 Å². The molecule has 3 heterocycles. The molecule has 0 N–H and O–H groups in total. The minimum absolute atomic E-state index is 0.167. The summed E-state index contributed by atoms with van der Waals surface area (Å²) < 4.78 is 0. The van der Waals surface area contributed by atoms with Crippen LogP contribution in [0, 0.1) is 0 Å². The van der Waals surface area contributed by atoms with Crippen molar-refractivity contribution in [2.75, 3.05) is 0 Å². The molecular formula is C27H49N5O2. The smallest absolute Gasteiger partial charge is 0.126 e. The van der Waals surface area contributed by atoms with Crippen molar-refractivity contribution in [3.05, 3.63) is 80.2 Å². The van der Waals surface area contributed by atoms with Gasteiger partial charge in [0, 0.05) is 37.2 Å². The molecule has 7 heteroatoms. The molecule has 0 saturated heterocycles. The van der Waals surface area contributed by atoms with Gasteiger partial charge in [-0.2, -0.15) is 0 Å². The van der Waals surface area contributed by atoms with Crippen molar-refractivity contribution in [3.8, 4) is 0 Å². The minimum atomic E-state index is 0.167. The van der Waals surface area contributed by atoms with Gasteiger partial charge >= 0.3 is 0 Å². The molecule has 0 aromatic carbocycles. The third kappa shape index (κ3) is 102. The van der Waals surface area contributed by atoms with Crippen molar-refractivity contribution in [1.82, 2.24) is 24.9 Å². The monoisotopic (exact) mass is 475 g/mol. The zero-order valence-electron chi connectivity index (χ0n) is 23.6. The first kappa shape index (κ1) is 44.3. The number of ketones is 2. The first-order valence-electron chi connectivity index (χ1n) is 11.7. The van der Waals surface area contributed by atoms with Gasteiger partial charge in [-0.3, -0.25) is 4.98 Å². The molecule has 194 valence electrons. The average molecular weight is 476 g/mol. The summed E-state index contributed by atoms with van der Waals surface area (Å²) in [6.45, 7) is 22.1. The summed E-state index contributed by atoms with van der Waals surface area (Å²) in [5, 5.41) is 0. The Balaban J connectivity index is -0.0000000677. The van der Waals surface area contributed by atoms with Crippen LogP contribution in [-0.2, 0) is 9.59 Å². The number of carbonyl (C=O) groups excluding carboxylic acids is 2. The zero-order chi connectivity index (χ0) is 27.9. The van der Waals surface area contributed by atoms with Gasteiger partial charge in [0.15, 0.2) is 0 Å². The predicted octanol–water partition coefficient (Wildman–Crippen LogP) is 7.33. The number of Topliss-reactive ketones (excluding diaryl/α,β-unsaturated/α-hetero) is 2. The third-order valence-corrected chi connectivity index (χ3v) is 1.52. The average Bonchev–Trinajstić information content (AvgIpc) is 2.92. The van der Waals surface area contributed by atoms with Gasteiger partial charge in [-0.15, -0.1) is 0 Å². The lowest BCUT2D eigenvalue weighted by Crippen LogP contribution is -1.69. The van der Waals surface area contributed by atoms with E-state index in [1.807, 2.05) is 73.6 Å². The van der Waals surface area contributed by atoms with Crippen LogP contribution in [0.15, 0.2) is 80.2 Å². The molecule has 0 amide bonds. The molecule has 7 nitrogen and oxygen atoms in total. The molecule has 0 unspecified atom stereocenters. The summed E-state index contributed by atoms with van der Waals surface area (Å²) in [5.74, 6) is 0.333. The lowest BCUT2D eigenvalue weighted by Gasteiger charge is -1.70. The summed E-state index contributed by atoms with van der Waals surface area (Å²) in [7, 11) is 0. The molecule has 3 aromatic rings. The number of hydrogen-bond acceptors (Lipinski definition) is 7. The summed E-state index contributed by atoms with van der Waals surface area (Å²) in [4.78, 5) is 37.4. The maximum atomic E-state index is 9.44. The van der Waals surface area contributed by atoms with Crippen LogP contribution in [0.4, 0.5) is 0 Å². The molecule has 0 aliphatic heterocycles. The fraction of sp³-hybridized carbons (Fsp3) is 0.444. The lowest BCUT2D eigenvalue weighted by molar-refractivity contribution is -0.115. The quantitative estimate of drug-likeness (QED) is 0.335. The van der Waals surface area contributed by atoms with E-state index in [-0.39, 0.29) is 11.6 Å². The van der Waals surface area contributed by atoms with Crippen LogP contribution in [0.1, 0.15) is 83.1 Å². The molecule has 0 aliphatic rings. The number of nitrogens with zero attached hydrogens (tertiary/aromatic N) is 5. The van der Waals surface area contributed by atoms with Crippen molar-refractivity contribution >= 4 is 11.6 Å². The fourth-order valence-electron chi connectivity index (χ4n) is 0.819. The highest BCUT2D eigenvalue weighted by atomic mass is 16.1. The highest BCUT2D eigenvalue weighted by molar-refractivity contribution is 5.72. The van der Waals surface area contributed by atoms with Gasteiger partial charge in [0.05, 0.1) is 0 Å². The molecule has 0 spiro atoms. The molecule has 0 atom stereocenters. The molecule has 0 aliphatic carbocycles. The van der Waals surface area contributed by atoms with E-state index in [0.29, 0.717) is 0 Å².